The number of amides is 1. The fourth-order valence-electron chi connectivity index (χ4n) is 5.69. The van der Waals surface area contributed by atoms with Crippen molar-refractivity contribution in [3.63, 3.8) is 0 Å². The van der Waals surface area contributed by atoms with Crippen molar-refractivity contribution < 1.29 is 18.3 Å². The Hall–Kier alpha value is -3.89. The lowest BCUT2D eigenvalue weighted by molar-refractivity contribution is -0.125. The predicted molar refractivity (Wildman–Crippen MR) is 155 cm³/mol. The topological polar surface area (TPSA) is 83.5 Å². The molecule has 2 aromatic heterocycles. The Morgan fingerprint density at radius 2 is 2.07 bits per heavy atom. The SMILES string of the molecule is COc1nc(N(C)C2CCN(C(=O)/C=C/C3CCCN3)C2)c2cnc(-c3cccc4ccc(F)c(Cl)c34)c(F)c2n1. The van der Waals surface area contributed by atoms with E-state index < -0.39 is 11.6 Å². The van der Waals surface area contributed by atoms with E-state index in [0.717, 1.165) is 25.8 Å². The van der Waals surface area contributed by atoms with E-state index in [-0.39, 0.29) is 40.2 Å². The molecule has 11 heteroatoms. The van der Waals surface area contributed by atoms with E-state index in [2.05, 4.69) is 20.3 Å². The fourth-order valence-corrected chi connectivity index (χ4v) is 5.96. The highest BCUT2D eigenvalue weighted by molar-refractivity contribution is 6.36. The second kappa shape index (κ2) is 11.2. The second-order valence-corrected chi connectivity index (χ2v) is 10.8. The number of fused-ring (bicyclic) bond motifs is 2. The summed E-state index contributed by atoms with van der Waals surface area (Å²) in [6.45, 7) is 2.08. The van der Waals surface area contributed by atoms with Gasteiger partial charge in [0, 0.05) is 55.4 Å². The van der Waals surface area contributed by atoms with E-state index in [1.165, 1.54) is 19.4 Å². The summed E-state index contributed by atoms with van der Waals surface area (Å²) in [5.74, 6) is -0.880. The summed E-state index contributed by atoms with van der Waals surface area (Å²) in [6, 6.07) is 8.22. The minimum absolute atomic E-state index is 0.00433. The van der Waals surface area contributed by atoms with Gasteiger partial charge in [-0.1, -0.05) is 41.9 Å². The number of likely N-dealkylation sites (tertiary alicyclic amines) is 1. The van der Waals surface area contributed by atoms with Gasteiger partial charge in [-0.25, -0.2) is 8.78 Å². The van der Waals surface area contributed by atoms with E-state index in [1.807, 2.05) is 22.9 Å². The van der Waals surface area contributed by atoms with Crippen LogP contribution in [0, 0.1) is 11.6 Å². The van der Waals surface area contributed by atoms with Crippen LogP contribution in [0.2, 0.25) is 5.02 Å². The van der Waals surface area contributed by atoms with Crippen molar-refractivity contribution in [2.24, 2.45) is 0 Å². The molecule has 4 aromatic rings. The maximum atomic E-state index is 16.2. The van der Waals surface area contributed by atoms with Crippen LogP contribution in [0.3, 0.4) is 0 Å². The number of nitrogens with one attached hydrogen (secondary N) is 1. The lowest BCUT2D eigenvalue weighted by Crippen LogP contribution is -2.36. The van der Waals surface area contributed by atoms with Gasteiger partial charge in [0.05, 0.1) is 17.5 Å². The van der Waals surface area contributed by atoms with Gasteiger partial charge >= 0.3 is 6.01 Å². The molecule has 2 aromatic carbocycles. The third-order valence-corrected chi connectivity index (χ3v) is 8.31. The van der Waals surface area contributed by atoms with Gasteiger partial charge in [-0.3, -0.25) is 9.78 Å². The number of benzene rings is 2. The van der Waals surface area contributed by atoms with Gasteiger partial charge in [0.25, 0.3) is 0 Å². The smallest absolute Gasteiger partial charge is 0.318 e. The van der Waals surface area contributed by atoms with E-state index in [0.29, 0.717) is 40.6 Å². The van der Waals surface area contributed by atoms with Crippen molar-refractivity contribution in [2.75, 3.05) is 38.7 Å². The van der Waals surface area contributed by atoms with Crippen LogP contribution in [0.4, 0.5) is 14.6 Å². The molecule has 0 aliphatic carbocycles. The first-order valence-electron chi connectivity index (χ1n) is 13.6. The lowest BCUT2D eigenvalue weighted by atomic mass is 10.0. The monoisotopic (exact) mass is 578 g/mol. The van der Waals surface area contributed by atoms with Gasteiger partial charge in [-0.15, -0.1) is 0 Å². The van der Waals surface area contributed by atoms with Crippen molar-refractivity contribution in [1.82, 2.24) is 25.2 Å². The predicted octanol–water partition coefficient (Wildman–Crippen LogP) is 5.13. The number of pyridine rings is 1. The molecule has 2 unspecified atom stereocenters. The average Bonchev–Trinajstić information content (AvgIpc) is 3.70. The van der Waals surface area contributed by atoms with Crippen molar-refractivity contribution in [3.8, 4) is 17.3 Å². The van der Waals surface area contributed by atoms with Crippen LogP contribution in [-0.2, 0) is 4.79 Å². The molecule has 8 nitrogen and oxygen atoms in total. The third-order valence-electron chi connectivity index (χ3n) is 7.94. The molecule has 2 fully saturated rings. The quantitative estimate of drug-likeness (QED) is 0.318. The number of aromatic nitrogens is 3. The number of anilines is 1. The van der Waals surface area contributed by atoms with Crippen LogP contribution in [0.25, 0.3) is 32.9 Å². The molecular weight excluding hydrogens is 550 g/mol. The molecule has 1 N–H and O–H groups in total. The Morgan fingerprint density at radius 3 is 2.85 bits per heavy atom. The molecule has 212 valence electrons. The molecule has 0 saturated carbocycles. The summed E-state index contributed by atoms with van der Waals surface area (Å²) < 4.78 is 35.9. The number of likely N-dealkylation sites (N-methyl/N-ethyl adjacent to an activating group) is 1. The molecule has 2 aliphatic heterocycles. The molecule has 0 bridgehead atoms. The highest BCUT2D eigenvalue weighted by atomic mass is 35.5. The highest BCUT2D eigenvalue weighted by Gasteiger charge is 2.31. The minimum atomic E-state index is -0.695. The first-order chi connectivity index (χ1) is 19.9. The molecule has 41 heavy (non-hydrogen) atoms. The summed E-state index contributed by atoms with van der Waals surface area (Å²) in [4.78, 5) is 29.9. The largest absolute Gasteiger partial charge is 0.467 e. The zero-order chi connectivity index (χ0) is 28.7. The standard InChI is InChI=1S/C30H29ClF2N6O2/c1-38(19-12-14-39(16-19)23(40)11-9-18-6-4-13-34-18)29-21-15-35-27(26(33)28(21)36-30(37-29)41-2)20-7-3-5-17-8-10-22(32)25(31)24(17)20/h3,5,7-11,15,18-19,34H,4,6,12-14,16H2,1-2H3/b11-9+. The van der Waals surface area contributed by atoms with Crippen LogP contribution in [-0.4, -0.2) is 71.6 Å². The maximum absolute atomic E-state index is 16.2. The van der Waals surface area contributed by atoms with Crippen molar-refractivity contribution >= 4 is 45.0 Å². The summed E-state index contributed by atoms with van der Waals surface area (Å²) in [5, 5.41) is 4.68. The van der Waals surface area contributed by atoms with Gasteiger partial charge in [0.1, 0.15) is 22.8 Å². The third kappa shape index (κ3) is 5.06. The summed E-state index contributed by atoms with van der Waals surface area (Å²) in [7, 11) is 3.27. The first kappa shape index (κ1) is 27.3. The summed E-state index contributed by atoms with van der Waals surface area (Å²) >= 11 is 6.31. The van der Waals surface area contributed by atoms with Gasteiger partial charge in [-0.05, 0) is 37.3 Å². The van der Waals surface area contributed by atoms with Crippen LogP contribution in [0.1, 0.15) is 19.3 Å². The van der Waals surface area contributed by atoms with Gasteiger partial charge in [0.2, 0.25) is 5.91 Å². The Balaban J connectivity index is 1.34. The van der Waals surface area contributed by atoms with Crippen molar-refractivity contribution in [3.05, 3.63) is 65.3 Å². The number of nitrogens with zero attached hydrogens (tertiary/aromatic N) is 5. The number of hydrogen-bond acceptors (Lipinski definition) is 7. The normalized spacial score (nSPS) is 19.1. The first-order valence-corrected chi connectivity index (χ1v) is 13.9. The molecular formula is C30H29ClF2N6O2. The molecule has 4 heterocycles. The number of hydrogen-bond donors (Lipinski definition) is 1. The van der Waals surface area contributed by atoms with Gasteiger partial charge < -0.3 is 19.9 Å². The van der Waals surface area contributed by atoms with Crippen LogP contribution >= 0.6 is 11.6 Å². The zero-order valence-electron chi connectivity index (χ0n) is 22.7. The van der Waals surface area contributed by atoms with Crippen LogP contribution < -0.4 is 15.0 Å². The number of carbonyl (C=O) groups excluding carboxylic acids is 1. The lowest BCUT2D eigenvalue weighted by Gasteiger charge is -2.27. The fraction of sp³-hybridized carbons (Fsp3) is 0.333. The van der Waals surface area contributed by atoms with Gasteiger partial charge in [-0.2, -0.15) is 9.97 Å². The molecule has 2 aliphatic rings. The van der Waals surface area contributed by atoms with Crippen LogP contribution in [0.15, 0.2) is 48.7 Å². The Morgan fingerprint density at radius 1 is 1.22 bits per heavy atom. The Kier molecular flexibility index (Phi) is 7.44. The highest BCUT2D eigenvalue weighted by Crippen LogP contribution is 2.38. The second-order valence-electron chi connectivity index (χ2n) is 10.4. The van der Waals surface area contributed by atoms with E-state index in [1.54, 1.807) is 30.3 Å². The maximum Gasteiger partial charge on any atom is 0.318 e. The van der Waals surface area contributed by atoms with E-state index in [4.69, 9.17) is 16.3 Å². The molecule has 0 radical (unpaired) electrons. The molecule has 6 rings (SSSR count). The molecule has 1 amide bonds. The van der Waals surface area contributed by atoms with Crippen LogP contribution in [0.5, 0.6) is 6.01 Å². The Labute approximate surface area is 241 Å². The zero-order valence-corrected chi connectivity index (χ0v) is 23.5. The number of halogens is 3. The van der Waals surface area contributed by atoms with E-state index in [9.17, 15) is 9.18 Å². The Bertz CT molecular complexity index is 1680. The molecule has 2 saturated heterocycles. The minimum Gasteiger partial charge on any atom is -0.467 e. The average molecular weight is 579 g/mol. The number of carbonyl (C=O) groups is 1. The molecule has 0 spiro atoms. The molecule has 2 atom stereocenters. The van der Waals surface area contributed by atoms with E-state index >= 15 is 4.39 Å². The van der Waals surface area contributed by atoms with Crippen molar-refractivity contribution in [2.45, 2.75) is 31.3 Å². The number of methoxy groups -OCH3 is 1. The summed E-state index contributed by atoms with van der Waals surface area (Å²) in [6.07, 6.45) is 7.98. The van der Waals surface area contributed by atoms with Crippen molar-refractivity contribution in [1.29, 1.82) is 0 Å². The summed E-state index contributed by atoms with van der Waals surface area (Å²) in [5.41, 5.74) is 0.363. The van der Waals surface area contributed by atoms with Gasteiger partial charge in [0.15, 0.2) is 5.82 Å². The number of rotatable bonds is 6. The number of ether oxygens (including phenoxy) is 1.